The van der Waals surface area contributed by atoms with Gasteiger partial charge in [-0.25, -0.2) is 4.98 Å². The Morgan fingerprint density at radius 1 is 1.44 bits per heavy atom. The molecule has 0 saturated heterocycles. The number of halogens is 1. The summed E-state index contributed by atoms with van der Waals surface area (Å²) in [5, 5.41) is 6.95. The van der Waals surface area contributed by atoms with Crippen molar-refractivity contribution >= 4 is 17.4 Å². The molecule has 0 aromatic carbocycles. The third kappa shape index (κ3) is 3.38. The van der Waals surface area contributed by atoms with Crippen molar-refractivity contribution in [1.29, 1.82) is 0 Å². The van der Waals surface area contributed by atoms with Crippen molar-refractivity contribution in [3.05, 3.63) is 29.2 Å². The van der Waals surface area contributed by atoms with Crippen molar-refractivity contribution < 1.29 is 0 Å². The molecule has 0 atom stereocenters. The van der Waals surface area contributed by atoms with Crippen LogP contribution < -0.4 is 5.73 Å². The predicted octanol–water partition coefficient (Wildman–Crippen LogP) is 3.07. The number of nitrogen functional groups attached to an aromatic ring is 1. The van der Waals surface area contributed by atoms with Crippen LogP contribution in [0.25, 0.3) is 0 Å². The summed E-state index contributed by atoms with van der Waals surface area (Å²) in [7, 11) is 0. The van der Waals surface area contributed by atoms with Gasteiger partial charge in [0.15, 0.2) is 0 Å². The number of nitrogens with one attached hydrogen (secondary N) is 1. The fraction of sp³-hybridized carbons (Fsp3) is 0.455. The van der Waals surface area contributed by atoms with E-state index in [-0.39, 0.29) is 0 Å². The van der Waals surface area contributed by atoms with Gasteiger partial charge in [0.2, 0.25) is 0 Å². The van der Waals surface area contributed by atoms with Gasteiger partial charge < -0.3 is 5.73 Å². The van der Waals surface area contributed by atoms with E-state index in [2.05, 4.69) is 29.0 Å². The van der Waals surface area contributed by atoms with E-state index < -0.39 is 0 Å². The fourth-order valence-electron chi connectivity index (χ4n) is 1.49. The summed E-state index contributed by atoms with van der Waals surface area (Å²) >= 11 is 5.90. The molecule has 4 nitrogen and oxygen atoms in total. The van der Waals surface area contributed by atoms with Gasteiger partial charge in [0.05, 0.1) is 6.20 Å². The standard InChI is InChI=1S/C11H17ClN4/c1-3-8(4-2)10-5-6-14-15-7-9(12)11(13)16-10/h5-8,14H,3-4,13H2,1-2H3. The van der Waals surface area contributed by atoms with Crippen molar-refractivity contribution in [2.45, 2.75) is 32.6 Å². The molecular weight excluding hydrogens is 224 g/mol. The van der Waals surface area contributed by atoms with E-state index in [4.69, 9.17) is 17.3 Å². The lowest BCUT2D eigenvalue weighted by atomic mass is 10.00. The highest BCUT2D eigenvalue weighted by atomic mass is 35.5. The molecule has 88 valence electrons. The lowest BCUT2D eigenvalue weighted by Gasteiger charge is -2.09. The summed E-state index contributed by atoms with van der Waals surface area (Å²) in [6.07, 6.45) is 5.22. The maximum atomic E-state index is 5.90. The molecule has 1 aromatic heterocycles. The van der Waals surface area contributed by atoms with Crippen LogP contribution in [0.4, 0.5) is 5.82 Å². The van der Waals surface area contributed by atoms with E-state index >= 15 is 0 Å². The minimum absolute atomic E-state index is 0.306. The molecule has 0 radical (unpaired) electrons. The number of hydrogen-bond acceptors (Lipinski definition) is 3. The number of aromatic amines is 1. The normalized spacial score (nSPS) is 10.2. The first-order valence-electron chi connectivity index (χ1n) is 5.38. The van der Waals surface area contributed by atoms with Crippen LogP contribution in [0.5, 0.6) is 0 Å². The first-order chi connectivity index (χ1) is 7.69. The number of nitrogens with two attached hydrogens (primary N) is 1. The number of H-pyrrole nitrogens is 1. The highest BCUT2D eigenvalue weighted by Gasteiger charge is 2.07. The average Bonchev–Trinajstić information content (AvgIpc) is 2.35. The second kappa shape index (κ2) is 6.33. The van der Waals surface area contributed by atoms with E-state index in [0.717, 1.165) is 18.5 Å². The van der Waals surface area contributed by atoms with Crippen molar-refractivity contribution in [1.82, 2.24) is 15.2 Å². The van der Waals surface area contributed by atoms with Crippen LogP contribution in [-0.2, 0) is 0 Å². The second-order valence-corrected chi connectivity index (χ2v) is 3.91. The first-order valence-corrected chi connectivity index (χ1v) is 5.75. The highest BCUT2D eigenvalue weighted by Crippen LogP contribution is 2.21. The number of aromatic nitrogens is 3. The molecule has 5 heteroatoms. The van der Waals surface area contributed by atoms with Gasteiger partial charge in [-0.15, -0.1) is 0 Å². The van der Waals surface area contributed by atoms with Crippen LogP contribution in [0.1, 0.15) is 38.3 Å². The van der Waals surface area contributed by atoms with Crippen LogP contribution in [0.15, 0.2) is 18.5 Å². The van der Waals surface area contributed by atoms with E-state index in [1.54, 1.807) is 6.20 Å². The molecule has 3 N–H and O–H groups in total. The molecule has 0 bridgehead atoms. The monoisotopic (exact) mass is 240 g/mol. The third-order valence-electron chi connectivity index (χ3n) is 2.48. The maximum Gasteiger partial charge on any atom is 0.144 e. The molecule has 1 heterocycles. The zero-order valence-electron chi connectivity index (χ0n) is 9.57. The minimum atomic E-state index is 0.306. The van der Waals surface area contributed by atoms with Crippen molar-refractivity contribution in [3.8, 4) is 0 Å². The number of rotatable bonds is 3. The lowest BCUT2D eigenvalue weighted by molar-refractivity contribution is 0.625. The van der Waals surface area contributed by atoms with Gasteiger partial charge >= 0.3 is 0 Å². The van der Waals surface area contributed by atoms with Crippen LogP contribution in [0.3, 0.4) is 0 Å². The lowest BCUT2D eigenvalue weighted by Crippen LogP contribution is -1.99. The summed E-state index contributed by atoms with van der Waals surface area (Å²) < 4.78 is 0. The van der Waals surface area contributed by atoms with Crippen LogP contribution >= 0.6 is 11.6 Å². The van der Waals surface area contributed by atoms with Crippen molar-refractivity contribution in [2.24, 2.45) is 0 Å². The molecule has 0 amide bonds. The number of hydrogen-bond donors (Lipinski definition) is 2. The quantitative estimate of drug-likeness (QED) is 0.853. The van der Waals surface area contributed by atoms with Gasteiger partial charge in [0.25, 0.3) is 0 Å². The topological polar surface area (TPSA) is 67.6 Å². The summed E-state index contributed by atoms with van der Waals surface area (Å²) in [4.78, 5) is 4.34. The molecular formula is C11H17ClN4. The Balaban J connectivity index is 3.30. The zero-order valence-corrected chi connectivity index (χ0v) is 10.3. The van der Waals surface area contributed by atoms with Gasteiger partial charge in [-0.1, -0.05) is 25.4 Å². The smallest absolute Gasteiger partial charge is 0.144 e. The Morgan fingerprint density at radius 3 is 2.75 bits per heavy atom. The average molecular weight is 241 g/mol. The SMILES string of the molecule is CCC(CC)c1cc[nH]ncc(Cl)c(N)n1. The van der Waals surface area contributed by atoms with Gasteiger partial charge in [-0.05, 0) is 18.9 Å². The highest BCUT2D eigenvalue weighted by molar-refractivity contribution is 6.32. The Labute approximate surface area is 101 Å². The fourth-order valence-corrected chi connectivity index (χ4v) is 1.58. The summed E-state index contributed by atoms with van der Waals surface area (Å²) in [5.41, 5.74) is 6.69. The van der Waals surface area contributed by atoms with Gasteiger partial charge in [0.1, 0.15) is 10.8 Å². The molecule has 0 aliphatic rings. The Hall–Kier alpha value is -1.29. The van der Waals surface area contributed by atoms with Gasteiger partial charge in [-0.3, -0.25) is 5.10 Å². The molecule has 1 aromatic rings. The molecule has 0 aliphatic carbocycles. The summed E-state index contributed by atoms with van der Waals surface area (Å²) in [6.45, 7) is 4.26. The first kappa shape index (κ1) is 12.8. The maximum absolute atomic E-state index is 5.90. The summed E-state index contributed by atoms with van der Waals surface area (Å²) in [6, 6.07) is 1.89. The van der Waals surface area contributed by atoms with Crippen molar-refractivity contribution in [2.75, 3.05) is 5.73 Å². The Bertz CT molecular complexity index is 384. The van der Waals surface area contributed by atoms with E-state index in [1.165, 1.54) is 6.20 Å². The van der Waals surface area contributed by atoms with Crippen LogP contribution in [0.2, 0.25) is 5.02 Å². The minimum Gasteiger partial charge on any atom is -0.382 e. The second-order valence-electron chi connectivity index (χ2n) is 3.50. The van der Waals surface area contributed by atoms with E-state index in [9.17, 15) is 0 Å². The van der Waals surface area contributed by atoms with E-state index in [1.807, 2.05) is 6.07 Å². The van der Waals surface area contributed by atoms with Gasteiger partial charge in [0, 0.05) is 17.8 Å². The Kier molecular flexibility index (Phi) is 5.05. The number of anilines is 1. The van der Waals surface area contributed by atoms with Crippen molar-refractivity contribution in [3.63, 3.8) is 0 Å². The molecule has 0 aliphatic heterocycles. The van der Waals surface area contributed by atoms with Gasteiger partial charge in [-0.2, -0.15) is 5.10 Å². The van der Waals surface area contributed by atoms with Crippen LogP contribution in [-0.4, -0.2) is 15.2 Å². The van der Waals surface area contributed by atoms with E-state index in [0.29, 0.717) is 16.8 Å². The molecule has 0 saturated carbocycles. The molecule has 0 unspecified atom stereocenters. The number of nitrogens with zero attached hydrogens (tertiary/aromatic N) is 2. The Morgan fingerprint density at radius 2 is 2.12 bits per heavy atom. The third-order valence-corrected chi connectivity index (χ3v) is 2.77. The molecule has 0 spiro atoms. The predicted molar refractivity (Wildman–Crippen MR) is 66.8 cm³/mol. The molecule has 16 heavy (non-hydrogen) atoms. The summed E-state index contributed by atoms with van der Waals surface area (Å²) in [5.74, 6) is 0.694. The molecule has 0 fully saturated rings. The molecule has 1 rings (SSSR count). The largest absolute Gasteiger partial charge is 0.382 e. The van der Waals surface area contributed by atoms with Crippen LogP contribution in [0, 0.1) is 0 Å². The zero-order chi connectivity index (χ0) is 12.0.